The third-order valence-corrected chi connectivity index (χ3v) is 4.48. The summed E-state index contributed by atoms with van der Waals surface area (Å²) in [6, 6.07) is 10.4. The van der Waals surface area contributed by atoms with Crippen LogP contribution in [-0.4, -0.2) is 37.9 Å². The number of fused-ring (bicyclic) bond motifs is 1. The minimum atomic E-state index is -0.377. The molecule has 146 valence electrons. The van der Waals surface area contributed by atoms with Gasteiger partial charge in [-0.3, -0.25) is 19.3 Å². The molecule has 1 N–H and O–H groups in total. The fourth-order valence-electron chi connectivity index (χ4n) is 3.01. The van der Waals surface area contributed by atoms with Gasteiger partial charge in [0, 0.05) is 12.0 Å². The largest absolute Gasteiger partial charge is 0.495 e. The third-order valence-electron chi connectivity index (χ3n) is 4.48. The first-order valence-corrected chi connectivity index (χ1v) is 8.97. The van der Waals surface area contributed by atoms with Crippen LogP contribution >= 0.6 is 0 Å². The molecule has 2 amide bonds. The van der Waals surface area contributed by atoms with E-state index in [1.807, 2.05) is 13.0 Å². The molecule has 7 heteroatoms. The highest BCUT2D eigenvalue weighted by molar-refractivity contribution is 6.06. The Hall–Kier alpha value is -3.35. The van der Waals surface area contributed by atoms with Crippen molar-refractivity contribution in [2.45, 2.75) is 20.3 Å². The number of carbonyl (C=O) groups excluding carboxylic acids is 3. The molecule has 2 aromatic rings. The van der Waals surface area contributed by atoms with Crippen molar-refractivity contribution in [3.8, 4) is 11.5 Å². The second-order valence-corrected chi connectivity index (χ2v) is 6.48. The zero-order valence-electron chi connectivity index (χ0n) is 16.1. The van der Waals surface area contributed by atoms with Crippen molar-refractivity contribution in [2.75, 3.05) is 30.5 Å². The van der Waals surface area contributed by atoms with Gasteiger partial charge in [0.25, 0.3) is 5.91 Å². The van der Waals surface area contributed by atoms with E-state index in [2.05, 4.69) is 5.32 Å². The summed E-state index contributed by atoms with van der Waals surface area (Å²) in [7, 11) is 1.52. The highest BCUT2D eigenvalue weighted by Crippen LogP contribution is 2.33. The summed E-state index contributed by atoms with van der Waals surface area (Å²) in [5.41, 5.74) is 2.39. The zero-order valence-corrected chi connectivity index (χ0v) is 16.1. The van der Waals surface area contributed by atoms with Gasteiger partial charge in [0.2, 0.25) is 5.91 Å². The Bertz CT molecular complexity index is 938. The van der Waals surface area contributed by atoms with Crippen LogP contribution in [0.3, 0.4) is 0 Å². The van der Waals surface area contributed by atoms with Gasteiger partial charge in [-0.15, -0.1) is 0 Å². The van der Waals surface area contributed by atoms with Gasteiger partial charge < -0.3 is 14.8 Å². The molecule has 28 heavy (non-hydrogen) atoms. The zero-order chi connectivity index (χ0) is 20.3. The van der Waals surface area contributed by atoms with Crippen LogP contribution in [0.4, 0.5) is 11.4 Å². The molecule has 0 aliphatic carbocycles. The van der Waals surface area contributed by atoms with Crippen LogP contribution in [0.5, 0.6) is 11.5 Å². The minimum absolute atomic E-state index is 0.0466. The number of carbonyl (C=O) groups is 3. The van der Waals surface area contributed by atoms with Crippen LogP contribution in [0, 0.1) is 6.92 Å². The summed E-state index contributed by atoms with van der Waals surface area (Å²) in [4.78, 5) is 38.4. The number of Topliss-reactive ketones (excluding diaryl/α,β-unsaturated/α-hetero) is 1. The molecule has 1 aliphatic rings. The lowest BCUT2D eigenvalue weighted by molar-refractivity contribution is -0.123. The average molecular weight is 382 g/mol. The van der Waals surface area contributed by atoms with Gasteiger partial charge in [-0.25, -0.2) is 0 Å². The van der Waals surface area contributed by atoms with Crippen molar-refractivity contribution in [1.82, 2.24) is 0 Å². The van der Waals surface area contributed by atoms with Gasteiger partial charge in [0.15, 0.2) is 12.4 Å². The summed E-state index contributed by atoms with van der Waals surface area (Å²) < 4.78 is 10.7. The number of aryl methyl sites for hydroxylation is 1. The summed E-state index contributed by atoms with van der Waals surface area (Å²) in [5, 5.41) is 2.78. The van der Waals surface area contributed by atoms with Gasteiger partial charge in [0.05, 0.1) is 18.5 Å². The third kappa shape index (κ3) is 3.98. The molecule has 0 saturated heterocycles. The number of nitrogens with zero attached hydrogens (tertiary/aromatic N) is 1. The van der Waals surface area contributed by atoms with Crippen molar-refractivity contribution >= 4 is 29.0 Å². The second kappa shape index (κ2) is 8.12. The number of methoxy groups -OCH3 is 1. The number of ketones is 1. The molecular formula is C21H22N2O5. The predicted octanol–water partition coefficient (Wildman–Crippen LogP) is 2.96. The number of ether oxygens (including phenoxy) is 2. The Kier molecular flexibility index (Phi) is 5.63. The molecule has 0 radical (unpaired) electrons. The van der Waals surface area contributed by atoms with E-state index in [0.717, 1.165) is 5.56 Å². The summed E-state index contributed by atoms with van der Waals surface area (Å²) in [6.45, 7) is 3.32. The van der Waals surface area contributed by atoms with Crippen LogP contribution < -0.4 is 19.7 Å². The number of rotatable bonds is 6. The SMILES string of the molecule is CCC(=O)c1ccc2c(c1)N(CC(=O)Nc1cc(C)ccc1OC)C(=O)CO2. The van der Waals surface area contributed by atoms with Crippen LogP contribution in [0.2, 0.25) is 0 Å². The van der Waals surface area contributed by atoms with Gasteiger partial charge in [-0.1, -0.05) is 13.0 Å². The molecule has 7 nitrogen and oxygen atoms in total. The highest BCUT2D eigenvalue weighted by Gasteiger charge is 2.28. The molecule has 3 rings (SSSR count). The number of amides is 2. The van der Waals surface area contributed by atoms with E-state index in [0.29, 0.717) is 34.9 Å². The van der Waals surface area contributed by atoms with Gasteiger partial charge in [-0.05, 0) is 42.8 Å². The van der Waals surface area contributed by atoms with Crippen molar-refractivity contribution in [3.05, 3.63) is 47.5 Å². The monoisotopic (exact) mass is 382 g/mol. The molecule has 0 bridgehead atoms. The molecule has 2 aromatic carbocycles. The van der Waals surface area contributed by atoms with E-state index in [-0.39, 0.29) is 30.7 Å². The van der Waals surface area contributed by atoms with Crippen LogP contribution in [0.15, 0.2) is 36.4 Å². The number of hydrogen-bond donors (Lipinski definition) is 1. The smallest absolute Gasteiger partial charge is 0.265 e. The Balaban J connectivity index is 1.84. The summed E-state index contributed by atoms with van der Waals surface area (Å²) in [5.74, 6) is 0.226. The first kappa shape index (κ1) is 19.4. The number of benzene rings is 2. The minimum Gasteiger partial charge on any atom is -0.495 e. The predicted molar refractivity (Wildman–Crippen MR) is 105 cm³/mol. The first-order valence-electron chi connectivity index (χ1n) is 8.97. The number of anilines is 2. The lowest BCUT2D eigenvalue weighted by atomic mass is 10.1. The second-order valence-electron chi connectivity index (χ2n) is 6.48. The van der Waals surface area contributed by atoms with Crippen LogP contribution in [0.1, 0.15) is 29.3 Å². The lowest BCUT2D eigenvalue weighted by Gasteiger charge is -2.29. The molecule has 0 fully saturated rings. The molecule has 0 aromatic heterocycles. The van der Waals surface area contributed by atoms with Crippen molar-refractivity contribution in [2.24, 2.45) is 0 Å². The molecule has 1 aliphatic heterocycles. The fourth-order valence-corrected chi connectivity index (χ4v) is 3.01. The normalized spacial score (nSPS) is 12.8. The quantitative estimate of drug-likeness (QED) is 0.777. The maximum atomic E-state index is 12.6. The molecule has 0 spiro atoms. The number of nitrogens with one attached hydrogen (secondary N) is 1. The van der Waals surface area contributed by atoms with Crippen molar-refractivity contribution < 1.29 is 23.9 Å². The van der Waals surface area contributed by atoms with Gasteiger partial charge in [0.1, 0.15) is 18.0 Å². The Morgan fingerprint density at radius 1 is 1.21 bits per heavy atom. The van der Waals surface area contributed by atoms with E-state index in [4.69, 9.17) is 9.47 Å². The lowest BCUT2D eigenvalue weighted by Crippen LogP contribution is -2.43. The Morgan fingerprint density at radius 3 is 2.71 bits per heavy atom. The Morgan fingerprint density at radius 2 is 2.00 bits per heavy atom. The maximum absolute atomic E-state index is 12.6. The summed E-state index contributed by atoms with van der Waals surface area (Å²) >= 11 is 0. The first-order chi connectivity index (χ1) is 13.4. The van der Waals surface area contributed by atoms with Crippen molar-refractivity contribution in [3.63, 3.8) is 0 Å². The van der Waals surface area contributed by atoms with E-state index in [1.165, 1.54) is 12.0 Å². The molecule has 0 saturated carbocycles. The average Bonchev–Trinajstić information content (AvgIpc) is 2.69. The number of hydrogen-bond acceptors (Lipinski definition) is 5. The van der Waals surface area contributed by atoms with Crippen LogP contribution in [0.25, 0.3) is 0 Å². The molecule has 0 atom stereocenters. The molecule has 0 unspecified atom stereocenters. The van der Waals surface area contributed by atoms with Gasteiger partial charge >= 0.3 is 0 Å². The van der Waals surface area contributed by atoms with Crippen LogP contribution in [-0.2, 0) is 9.59 Å². The maximum Gasteiger partial charge on any atom is 0.265 e. The molecular weight excluding hydrogens is 360 g/mol. The fraction of sp³-hybridized carbons (Fsp3) is 0.286. The van der Waals surface area contributed by atoms with E-state index in [9.17, 15) is 14.4 Å². The van der Waals surface area contributed by atoms with Crippen molar-refractivity contribution in [1.29, 1.82) is 0 Å². The Labute approximate surface area is 163 Å². The van der Waals surface area contributed by atoms with E-state index < -0.39 is 0 Å². The van der Waals surface area contributed by atoms with E-state index in [1.54, 1.807) is 37.3 Å². The van der Waals surface area contributed by atoms with E-state index >= 15 is 0 Å². The highest BCUT2D eigenvalue weighted by atomic mass is 16.5. The van der Waals surface area contributed by atoms with Gasteiger partial charge in [-0.2, -0.15) is 0 Å². The molecule has 1 heterocycles. The summed E-state index contributed by atoms with van der Waals surface area (Å²) in [6.07, 6.45) is 0.348. The standard InChI is InChI=1S/C21H22N2O5/c1-4-17(24)14-6-8-19-16(10-14)23(21(26)12-28-19)11-20(25)22-15-9-13(2)5-7-18(15)27-3/h5-10H,4,11-12H2,1-3H3,(H,22,25). The topological polar surface area (TPSA) is 84.9 Å².